The van der Waals surface area contributed by atoms with Gasteiger partial charge in [0.15, 0.2) is 0 Å². The molecule has 0 aliphatic carbocycles. The standard InChI is InChI=1S/C12H17N7O/c1-2-14-11-9-13-8-10(17-11)12(20)15-4-3-6-19-7-5-16-18-19/h5,7-9H,2-4,6H2,1H3,(H,14,17)(H,15,20). The maximum absolute atomic E-state index is 11.9. The van der Waals surface area contributed by atoms with Crippen LogP contribution in [0.15, 0.2) is 24.8 Å². The molecule has 2 aromatic rings. The fraction of sp³-hybridized carbons (Fsp3) is 0.417. The van der Waals surface area contributed by atoms with Gasteiger partial charge < -0.3 is 10.6 Å². The highest BCUT2D eigenvalue weighted by Crippen LogP contribution is 2.01. The van der Waals surface area contributed by atoms with Crippen LogP contribution in [0.1, 0.15) is 23.8 Å². The molecule has 0 bridgehead atoms. The number of carbonyl (C=O) groups is 1. The lowest BCUT2D eigenvalue weighted by Gasteiger charge is -2.06. The van der Waals surface area contributed by atoms with E-state index >= 15 is 0 Å². The van der Waals surface area contributed by atoms with Gasteiger partial charge in [0.2, 0.25) is 0 Å². The quantitative estimate of drug-likeness (QED) is 0.706. The predicted octanol–water partition coefficient (Wildman–Crippen LogP) is 0.320. The van der Waals surface area contributed by atoms with Gasteiger partial charge in [0.25, 0.3) is 5.91 Å². The van der Waals surface area contributed by atoms with Crippen molar-refractivity contribution < 1.29 is 4.79 Å². The van der Waals surface area contributed by atoms with E-state index < -0.39 is 0 Å². The maximum Gasteiger partial charge on any atom is 0.271 e. The molecule has 0 aliphatic heterocycles. The second-order valence-electron chi connectivity index (χ2n) is 4.10. The Hall–Kier alpha value is -2.51. The molecule has 20 heavy (non-hydrogen) atoms. The summed E-state index contributed by atoms with van der Waals surface area (Å²) >= 11 is 0. The van der Waals surface area contributed by atoms with Crippen molar-refractivity contribution in [2.75, 3.05) is 18.4 Å². The van der Waals surface area contributed by atoms with E-state index in [1.807, 2.05) is 6.92 Å². The van der Waals surface area contributed by atoms with Gasteiger partial charge in [0, 0.05) is 25.8 Å². The van der Waals surface area contributed by atoms with Crippen molar-refractivity contribution in [3.05, 3.63) is 30.5 Å². The van der Waals surface area contributed by atoms with Crippen LogP contribution < -0.4 is 10.6 Å². The van der Waals surface area contributed by atoms with E-state index in [-0.39, 0.29) is 5.91 Å². The van der Waals surface area contributed by atoms with E-state index in [4.69, 9.17) is 0 Å². The summed E-state index contributed by atoms with van der Waals surface area (Å²) < 4.78 is 1.72. The smallest absolute Gasteiger partial charge is 0.271 e. The number of amides is 1. The molecule has 0 aliphatic rings. The minimum Gasteiger partial charge on any atom is -0.369 e. The van der Waals surface area contributed by atoms with Crippen LogP contribution >= 0.6 is 0 Å². The van der Waals surface area contributed by atoms with E-state index in [1.165, 1.54) is 6.20 Å². The molecule has 0 unspecified atom stereocenters. The lowest BCUT2D eigenvalue weighted by atomic mass is 10.3. The maximum atomic E-state index is 11.9. The Balaban J connectivity index is 1.78. The van der Waals surface area contributed by atoms with Crippen LogP contribution in [-0.4, -0.2) is 44.0 Å². The number of hydrogen-bond donors (Lipinski definition) is 2. The number of nitrogens with zero attached hydrogens (tertiary/aromatic N) is 5. The van der Waals surface area contributed by atoms with Crippen molar-refractivity contribution >= 4 is 11.7 Å². The zero-order chi connectivity index (χ0) is 14.2. The van der Waals surface area contributed by atoms with Crippen molar-refractivity contribution in [3.63, 3.8) is 0 Å². The fourth-order valence-electron chi connectivity index (χ4n) is 1.63. The Kier molecular flexibility index (Phi) is 4.99. The molecule has 0 saturated carbocycles. The van der Waals surface area contributed by atoms with Gasteiger partial charge in [-0.25, -0.2) is 4.98 Å². The molecule has 8 nitrogen and oxygen atoms in total. The third-order valence-corrected chi connectivity index (χ3v) is 2.55. The highest BCUT2D eigenvalue weighted by Gasteiger charge is 2.07. The van der Waals surface area contributed by atoms with Crippen LogP contribution in [0.5, 0.6) is 0 Å². The first-order valence-electron chi connectivity index (χ1n) is 6.48. The first kappa shape index (κ1) is 13.9. The van der Waals surface area contributed by atoms with Gasteiger partial charge in [-0.3, -0.25) is 14.5 Å². The molecule has 0 spiro atoms. The van der Waals surface area contributed by atoms with Crippen LogP contribution in [0.4, 0.5) is 5.82 Å². The molecule has 0 atom stereocenters. The van der Waals surface area contributed by atoms with Crippen LogP contribution in [-0.2, 0) is 6.54 Å². The van der Waals surface area contributed by atoms with Gasteiger partial charge in [0.05, 0.1) is 18.6 Å². The summed E-state index contributed by atoms with van der Waals surface area (Å²) in [7, 11) is 0. The Morgan fingerprint density at radius 1 is 1.40 bits per heavy atom. The van der Waals surface area contributed by atoms with Gasteiger partial charge in [-0.2, -0.15) is 0 Å². The Bertz CT molecular complexity index is 540. The van der Waals surface area contributed by atoms with Crippen LogP contribution in [0.3, 0.4) is 0 Å². The summed E-state index contributed by atoms with van der Waals surface area (Å²) in [6.07, 6.45) is 7.22. The molecule has 2 rings (SSSR count). The first-order chi connectivity index (χ1) is 9.79. The number of rotatable bonds is 7. The summed E-state index contributed by atoms with van der Waals surface area (Å²) in [4.78, 5) is 20.0. The topological polar surface area (TPSA) is 97.6 Å². The minimum absolute atomic E-state index is 0.226. The lowest BCUT2D eigenvalue weighted by molar-refractivity contribution is 0.0947. The zero-order valence-electron chi connectivity index (χ0n) is 11.3. The largest absolute Gasteiger partial charge is 0.369 e. The fourth-order valence-corrected chi connectivity index (χ4v) is 1.63. The molecule has 106 valence electrons. The molecular formula is C12H17N7O. The zero-order valence-corrected chi connectivity index (χ0v) is 11.3. The van der Waals surface area contributed by atoms with E-state index in [1.54, 1.807) is 23.3 Å². The highest BCUT2D eigenvalue weighted by molar-refractivity contribution is 5.92. The van der Waals surface area contributed by atoms with Crippen molar-refractivity contribution in [2.45, 2.75) is 19.9 Å². The van der Waals surface area contributed by atoms with E-state index in [2.05, 4.69) is 30.9 Å². The average Bonchev–Trinajstić information content (AvgIpc) is 2.97. The van der Waals surface area contributed by atoms with Crippen molar-refractivity contribution in [1.29, 1.82) is 0 Å². The Labute approximate surface area is 116 Å². The number of anilines is 1. The first-order valence-corrected chi connectivity index (χ1v) is 6.48. The van der Waals surface area contributed by atoms with Gasteiger partial charge in [0.1, 0.15) is 11.5 Å². The number of nitrogens with one attached hydrogen (secondary N) is 2. The van der Waals surface area contributed by atoms with Gasteiger partial charge in [-0.15, -0.1) is 5.10 Å². The molecular weight excluding hydrogens is 258 g/mol. The molecule has 0 fully saturated rings. The minimum atomic E-state index is -0.226. The average molecular weight is 275 g/mol. The number of aromatic nitrogens is 5. The van der Waals surface area contributed by atoms with E-state index in [9.17, 15) is 4.79 Å². The van der Waals surface area contributed by atoms with Crippen LogP contribution in [0, 0.1) is 0 Å². The highest BCUT2D eigenvalue weighted by atomic mass is 16.1. The summed E-state index contributed by atoms with van der Waals surface area (Å²) in [6, 6.07) is 0. The Morgan fingerprint density at radius 3 is 3.05 bits per heavy atom. The SMILES string of the molecule is CCNc1cncc(C(=O)NCCCn2ccnn2)n1. The second-order valence-corrected chi connectivity index (χ2v) is 4.10. The predicted molar refractivity (Wildman–Crippen MR) is 73.2 cm³/mol. The third-order valence-electron chi connectivity index (χ3n) is 2.55. The van der Waals surface area contributed by atoms with Gasteiger partial charge >= 0.3 is 0 Å². The molecule has 0 saturated heterocycles. The molecule has 2 heterocycles. The van der Waals surface area contributed by atoms with E-state index in [0.29, 0.717) is 24.6 Å². The summed E-state index contributed by atoms with van der Waals surface area (Å²) in [5.41, 5.74) is 0.309. The molecule has 1 amide bonds. The third kappa shape index (κ3) is 4.01. The monoisotopic (exact) mass is 275 g/mol. The van der Waals surface area contributed by atoms with E-state index in [0.717, 1.165) is 13.0 Å². The molecule has 0 aromatic carbocycles. The van der Waals surface area contributed by atoms with Crippen molar-refractivity contribution in [2.24, 2.45) is 0 Å². The van der Waals surface area contributed by atoms with Gasteiger partial charge in [-0.1, -0.05) is 5.21 Å². The molecule has 2 N–H and O–H groups in total. The van der Waals surface area contributed by atoms with Crippen LogP contribution in [0.25, 0.3) is 0 Å². The molecule has 0 radical (unpaired) electrons. The number of carbonyl (C=O) groups excluding carboxylic acids is 1. The molecule has 2 aromatic heterocycles. The van der Waals surface area contributed by atoms with Gasteiger partial charge in [-0.05, 0) is 13.3 Å². The second kappa shape index (κ2) is 7.17. The summed E-state index contributed by atoms with van der Waals surface area (Å²) in [5, 5.41) is 13.4. The summed E-state index contributed by atoms with van der Waals surface area (Å²) in [5.74, 6) is 0.374. The van der Waals surface area contributed by atoms with Crippen molar-refractivity contribution in [1.82, 2.24) is 30.3 Å². The Morgan fingerprint density at radius 2 is 2.30 bits per heavy atom. The summed E-state index contributed by atoms with van der Waals surface area (Å²) in [6.45, 7) is 3.95. The number of aryl methyl sites for hydroxylation is 1. The van der Waals surface area contributed by atoms with Crippen molar-refractivity contribution in [3.8, 4) is 0 Å². The lowest BCUT2D eigenvalue weighted by Crippen LogP contribution is -2.26. The number of hydrogen-bond acceptors (Lipinski definition) is 6. The molecule has 8 heteroatoms. The van der Waals surface area contributed by atoms with Crippen LogP contribution in [0.2, 0.25) is 0 Å². The normalized spacial score (nSPS) is 10.2.